The van der Waals surface area contributed by atoms with Gasteiger partial charge >= 0.3 is 5.97 Å². The first-order chi connectivity index (χ1) is 11.0. The van der Waals surface area contributed by atoms with E-state index in [1.54, 1.807) is 24.3 Å². The first-order valence-electron chi connectivity index (χ1n) is 7.88. The maximum Gasteiger partial charge on any atom is 0.303 e. The van der Waals surface area contributed by atoms with E-state index < -0.39 is 5.97 Å². The normalized spacial score (nSPS) is 10.2. The van der Waals surface area contributed by atoms with Crippen molar-refractivity contribution in [1.29, 1.82) is 0 Å². The predicted molar refractivity (Wildman–Crippen MR) is 88.4 cm³/mol. The minimum Gasteiger partial charge on any atom is -0.481 e. The molecule has 0 radical (unpaired) electrons. The SMILES string of the molecule is CCCN(CCC)C(=O)c1ccc(NC(=O)CCC(=O)O)cc1. The molecule has 23 heavy (non-hydrogen) atoms. The number of hydrogen-bond acceptors (Lipinski definition) is 3. The van der Waals surface area contributed by atoms with Gasteiger partial charge in [-0.3, -0.25) is 14.4 Å². The van der Waals surface area contributed by atoms with Crippen LogP contribution in [0.4, 0.5) is 5.69 Å². The number of nitrogens with zero attached hydrogens (tertiary/aromatic N) is 1. The molecule has 0 saturated carbocycles. The van der Waals surface area contributed by atoms with Crippen molar-refractivity contribution >= 4 is 23.5 Å². The van der Waals surface area contributed by atoms with E-state index in [9.17, 15) is 14.4 Å². The number of hydrogen-bond donors (Lipinski definition) is 2. The van der Waals surface area contributed by atoms with Crippen LogP contribution >= 0.6 is 0 Å². The summed E-state index contributed by atoms with van der Waals surface area (Å²) in [7, 11) is 0. The van der Waals surface area contributed by atoms with Crippen LogP contribution in [0, 0.1) is 0 Å². The minimum atomic E-state index is -1.01. The van der Waals surface area contributed by atoms with E-state index in [2.05, 4.69) is 5.32 Å². The van der Waals surface area contributed by atoms with Crippen molar-refractivity contribution in [2.45, 2.75) is 39.5 Å². The monoisotopic (exact) mass is 320 g/mol. The fraction of sp³-hybridized carbons (Fsp3) is 0.471. The van der Waals surface area contributed by atoms with Crippen LogP contribution in [-0.4, -0.2) is 40.9 Å². The molecule has 0 heterocycles. The molecule has 0 aliphatic heterocycles. The van der Waals surface area contributed by atoms with Crippen LogP contribution in [-0.2, 0) is 9.59 Å². The van der Waals surface area contributed by atoms with E-state index in [4.69, 9.17) is 5.11 Å². The third kappa shape index (κ3) is 6.50. The molecule has 0 atom stereocenters. The maximum absolute atomic E-state index is 12.4. The molecule has 126 valence electrons. The molecular weight excluding hydrogens is 296 g/mol. The summed E-state index contributed by atoms with van der Waals surface area (Å²) in [6.07, 6.45) is 1.54. The number of benzene rings is 1. The van der Waals surface area contributed by atoms with Gasteiger partial charge in [0.1, 0.15) is 0 Å². The van der Waals surface area contributed by atoms with Gasteiger partial charge in [0.15, 0.2) is 0 Å². The Bertz CT molecular complexity index is 534. The van der Waals surface area contributed by atoms with Crippen molar-refractivity contribution < 1.29 is 19.5 Å². The minimum absolute atomic E-state index is 0.0162. The second-order valence-electron chi connectivity index (χ2n) is 5.31. The van der Waals surface area contributed by atoms with E-state index >= 15 is 0 Å². The summed E-state index contributed by atoms with van der Waals surface area (Å²) in [6.45, 7) is 5.51. The van der Waals surface area contributed by atoms with Crippen molar-refractivity contribution in [3.8, 4) is 0 Å². The Kier molecular flexibility index (Phi) is 7.80. The van der Waals surface area contributed by atoms with Crippen LogP contribution in [0.3, 0.4) is 0 Å². The van der Waals surface area contributed by atoms with Gasteiger partial charge in [-0.05, 0) is 37.1 Å². The highest BCUT2D eigenvalue weighted by molar-refractivity contribution is 5.96. The molecule has 6 nitrogen and oxygen atoms in total. The van der Waals surface area contributed by atoms with Gasteiger partial charge in [0.2, 0.25) is 5.91 Å². The largest absolute Gasteiger partial charge is 0.481 e. The molecule has 1 aromatic rings. The third-order valence-electron chi connectivity index (χ3n) is 3.26. The lowest BCUT2D eigenvalue weighted by Crippen LogP contribution is -2.32. The van der Waals surface area contributed by atoms with Gasteiger partial charge in [0.05, 0.1) is 6.42 Å². The summed E-state index contributed by atoms with van der Waals surface area (Å²) in [5.41, 5.74) is 1.13. The average Bonchev–Trinajstić information content (AvgIpc) is 2.53. The van der Waals surface area contributed by atoms with E-state index in [1.165, 1.54) is 0 Å². The molecular formula is C17H24N2O4. The summed E-state index contributed by atoms with van der Waals surface area (Å²) in [5.74, 6) is -1.38. The molecule has 0 saturated heterocycles. The first kappa shape index (κ1) is 18.7. The third-order valence-corrected chi connectivity index (χ3v) is 3.26. The highest BCUT2D eigenvalue weighted by atomic mass is 16.4. The molecule has 0 aromatic heterocycles. The molecule has 0 aliphatic carbocycles. The smallest absolute Gasteiger partial charge is 0.303 e. The van der Waals surface area contributed by atoms with Gasteiger partial charge in [0.25, 0.3) is 5.91 Å². The zero-order valence-electron chi connectivity index (χ0n) is 13.7. The van der Waals surface area contributed by atoms with Gasteiger partial charge in [-0.25, -0.2) is 0 Å². The highest BCUT2D eigenvalue weighted by Gasteiger charge is 2.14. The Hall–Kier alpha value is -2.37. The molecule has 2 amide bonds. The Labute approximate surface area is 136 Å². The molecule has 6 heteroatoms. The lowest BCUT2D eigenvalue weighted by Gasteiger charge is -2.21. The number of rotatable bonds is 9. The molecule has 0 aliphatic rings. The summed E-state index contributed by atoms with van der Waals surface area (Å²) in [6, 6.07) is 6.66. The summed E-state index contributed by atoms with van der Waals surface area (Å²) in [5, 5.41) is 11.2. The van der Waals surface area contributed by atoms with E-state index in [1.807, 2.05) is 18.7 Å². The van der Waals surface area contributed by atoms with E-state index in [0.717, 1.165) is 25.9 Å². The number of carboxylic acids is 1. The quantitative estimate of drug-likeness (QED) is 0.732. The number of carbonyl (C=O) groups is 3. The molecule has 0 spiro atoms. The first-order valence-corrected chi connectivity index (χ1v) is 7.88. The van der Waals surface area contributed by atoms with E-state index in [0.29, 0.717) is 11.3 Å². The Morgan fingerprint density at radius 3 is 2.04 bits per heavy atom. The predicted octanol–water partition coefficient (Wildman–Crippen LogP) is 2.75. The van der Waals surface area contributed by atoms with Gasteiger partial charge < -0.3 is 15.3 Å². The van der Waals surface area contributed by atoms with Crippen LogP contribution in [0.2, 0.25) is 0 Å². The maximum atomic E-state index is 12.4. The standard InChI is InChI=1S/C17H24N2O4/c1-3-11-19(12-4-2)17(23)13-5-7-14(8-6-13)18-15(20)9-10-16(21)22/h5-8H,3-4,9-12H2,1-2H3,(H,18,20)(H,21,22). The number of anilines is 1. The Morgan fingerprint density at radius 1 is 1.00 bits per heavy atom. The fourth-order valence-electron chi connectivity index (χ4n) is 2.18. The van der Waals surface area contributed by atoms with Gasteiger partial charge in [0, 0.05) is 30.8 Å². The van der Waals surface area contributed by atoms with Crippen LogP contribution in [0.1, 0.15) is 49.9 Å². The second kappa shape index (κ2) is 9.61. The van der Waals surface area contributed by atoms with Crippen LogP contribution in [0.5, 0.6) is 0 Å². The Balaban J connectivity index is 2.66. The average molecular weight is 320 g/mol. The van der Waals surface area contributed by atoms with Crippen LogP contribution < -0.4 is 5.32 Å². The van der Waals surface area contributed by atoms with Gasteiger partial charge in [-0.15, -0.1) is 0 Å². The second-order valence-corrected chi connectivity index (χ2v) is 5.31. The van der Waals surface area contributed by atoms with E-state index in [-0.39, 0.29) is 24.7 Å². The van der Waals surface area contributed by atoms with Gasteiger partial charge in [-0.2, -0.15) is 0 Å². The molecule has 1 rings (SSSR count). The van der Waals surface area contributed by atoms with Gasteiger partial charge in [-0.1, -0.05) is 13.8 Å². The van der Waals surface area contributed by atoms with Crippen molar-refractivity contribution in [2.24, 2.45) is 0 Å². The number of amides is 2. The van der Waals surface area contributed by atoms with Crippen molar-refractivity contribution in [3.05, 3.63) is 29.8 Å². The fourth-order valence-corrected chi connectivity index (χ4v) is 2.18. The lowest BCUT2D eigenvalue weighted by atomic mass is 10.1. The molecule has 0 bridgehead atoms. The number of nitrogens with one attached hydrogen (secondary N) is 1. The molecule has 0 fully saturated rings. The summed E-state index contributed by atoms with van der Waals surface area (Å²) >= 11 is 0. The summed E-state index contributed by atoms with van der Waals surface area (Å²) in [4.78, 5) is 36.2. The summed E-state index contributed by atoms with van der Waals surface area (Å²) < 4.78 is 0. The van der Waals surface area contributed by atoms with Crippen molar-refractivity contribution in [2.75, 3.05) is 18.4 Å². The number of aliphatic carboxylic acids is 1. The zero-order chi connectivity index (χ0) is 17.2. The van der Waals surface area contributed by atoms with Crippen LogP contribution in [0.15, 0.2) is 24.3 Å². The topological polar surface area (TPSA) is 86.7 Å². The van der Waals surface area contributed by atoms with Crippen LogP contribution in [0.25, 0.3) is 0 Å². The van der Waals surface area contributed by atoms with Crippen molar-refractivity contribution in [3.63, 3.8) is 0 Å². The number of carboxylic acid groups (broad SMARTS) is 1. The Morgan fingerprint density at radius 2 is 1.57 bits per heavy atom. The highest BCUT2D eigenvalue weighted by Crippen LogP contribution is 2.13. The zero-order valence-corrected chi connectivity index (χ0v) is 13.7. The number of carbonyl (C=O) groups excluding carboxylic acids is 2. The lowest BCUT2D eigenvalue weighted by molar-refractivity contribution is -0.138. The molecule has 2 N–H and O–H groups in total. The molecule has 0 unspecified atom stereocenters. The van der Waals surface area contributed by atoms with Crippen molar-refractivity contribution in [1.82, 2.24) is 4.90 Å². The molecule has 1 aromatic carbocycles.